The van der Waals surface area contributed by atoms with Gasteiger partial charge in [0.1, 0.15) is 0 Å². The largest absolute Gasteiger partial charge is 0.318 e. The van der Waals surface area contributed by atoms with Gasteiger partial charge in [0.25, 0.3) is 5.91 Å². The molecule has 0 aliphatic carbocycles. The summed E-state index contributed by atoms with van der Waals surface area (Å²) in [4.78, 5) is 16.2. The molecular formula is C7H12N2O. The molecule has 56 valence electrons. The van der Waals surface area contributed by atoms with E-state index in [0.29, 0.717) is 5.71 Å². The number of hydrogen-bond acceptors (Lipinski definition) is 2. The van der Waals surface area contributed by atoms with Crippen LogP contribution in [-0.4, -0.2) is 30.6 Å². The zero-order valence-electron chi connectivity index (χ0n) is 6.59. The number of carbonyl (C=O) groups is 1. The van der Waals surface area contributed by atoms with Crippen molar-refractivity contribution in [3.8, 4) is 0 Å². The third kappa shape index (κ3) is 2.01. The lowest BCUT2D eigenvalue weighted by Crippen LogP contribution is -2.26. The number of nitrogens with zero attached hydrogens (tertiary/aromatic N) is 2. The van der Waals surface area contributed by atoms with Gasteiger partial charge >= 0.3 is 0 Å². The van der Waals surface area contributed by atoms with Crippen LogP contribution < -0.4 is 0 Å². The van der Waals surface area contributed by atoms with Gasteiger partial charge in [-0.15, -0.1) is 0 Å². The summed E-state index contributed by atoms with van der Waals surface area (Å²) in [6.07, 6.45) is 1.46. The quantitative estimate of drug-likeness (QED) is 0.519. The van der Waals surface area contributed by atoms with Gasteiger partial charge in [0.2, 0.25) is 0 Å². The van der Waals surface area contributed by atoms with Gasteiger partial charge < -0.3 is 4.90 Å². The van der Waals surface area contributed by atoms with Crippen LogP contribution in [0.1, 0.15) is 6.92 Å². The van der Waals surface area contributed by atoms with Gasteiger partial charge in [0.15, 0.2) is 0 Å². The first-order valence-electron chi connectivity index (χ1n) is 2.96. The minimum atomic E-state index is -0.113. The maximum absolute atomic E-state index is 11.0. The lowest BCUT2D eigenvalue weighted by atomic mass is 10.4. The van der Waals surface area contributed by atoms with Crippen molar-refractivity contribution in [3.63, 3.8) is 0 Å². The van der Waals surface area contributed by atoms with E-state index in [9.17, 15) is 4.79 Å². The Morgan fingerprint density at radius 1 is 1.70 bits per heavy atom. The Hall–Kier alpha value is -1.12. The molecule has 0 rings (SSSR count). The minimum Gasteiger partial charge on any atom is -0.318 e. The SMILES string of the molecule is C=CN(C)C(=O)C(C)=NC. The van der Waals surface area contributed by atoms with E-state index in [1.165, 1.54) is 11.1 Å². The molecule has 0 saturated heterocycles. The molecule has 0 aromatic heterocycles. The molecule has 0 atom stereocenters. The standard InChI is InChI=1S/C7H12N2O/c1-5-9(4)7(10)6(2)8-3/h5H,1H2,2-4H3. The van der Waals surface area contributed by atoms with Crippen LogP contribution in [0.15, 0.2) is 17.8 Å². The zero-order chi connectivity index (χ0) is 8.15. The van der Waals surface area contributed by atoms with E-state index < -0.39 is 0 Å². The fraction of sp³-hybridized carbons (Fsp3) is 0.429. The first-order chi connectivity index (χ1) is 4.63. The summed E-state index contributed by atoms with van der Waals surface area (Å²) in [6, 6.07) is 0. The van der Waals surface area contributed by atoms with Crippen LogP contribution in [0.4, 0.5) is 0 Å². The van der Waals surface area contributed by atoms with E-state index in [1.807, 2.05) is 0 Å². The van der Waals surface area contributed by atoms with Gasteiger partial charge in [-0.2, -0.15) is 0 Å². The molecule has 0 spiro atoms. The predicted molar refractivity (Wildman–Crippen MR) is 42.0 cm³/mol. The molecule has 0 aromatic carbocycles. The molecule has 0 N–H and O–H groups in total. The first kappa shape index (κ1) is 8.88. The molecule has 0 bridgehead atoms. The highest BCUT2D eigenvalue weighted by atomic mass is 16.2. The first-order valence-corrected chi connectivity index (χ1v) is 2.96. The van der Waals surface area contributed by atoms with E-state index >= 15 is 0 Å². The topological polar surface area (TPSA) is 32.7 Å². The minimum absolute atomic E-state index is 0.113. The molecule has 0 unspecified atom stereocenters. The lowest BCUT2D eigenvalue weighted by molar-refractivity contribution is -0.120. The second-order valence-corrected chi connectivity index (χ2v) is 1.91. The van der Waals surface area contributed by atoms with Crippen molar-refractivity contribution in [2.75, 3.05) is 14.1 Å². The van der Waals surface area contributed by atoms with Crippen molar-refractivity contribution in [3.05, 3.63) is 12.8 Å². The molecular weight excluding hydrogens is 128 g/mol. The molecule has 0 fully saturated rings. The maximum atomic E-state index is 11.0. The van der Waals surface area contributed by atoms with E-state index in [1.54, 1.807) is 21.0 Å². The average Bonchev–Trinajstić information content (AvgIpc) is 2.00. The highest BCUT2D eigenvalue weighted by molar-refractivity contribution is 6.37. The Bertz CT molecular complexity index is 172. The van der Waals surface area contributed by atoms with E-state index in [4.69, 9.17) is 0 Å². The summed E-state index contributed by atoms with van der Waals surface area (Å²) in [5.41, 5.74) is 0.488. The Morgan fingerprint density at radius 2 is 2.20 bits per heavy atom. The van der Waals surface area contributed by atoms with Crippen molar-refractivity contribution >= 4 is 11.6 Å². The van der Waals surface area contributed by atoms with Gasteiger partial charge in [0, 0.05) is 14.1 Å². The number of aliphatic imine (C=N–C) groups is 1. The molecule has 3 heteroatoms. The Labute approximate surface area is 61.1 Å². The fourth-order valence-corrected chi connectivity index (χ4v) is 0.434. The number of hydrogen-bond donors (Lipinski definition) is 0. The van der Waals surface area contributed by atoms with Crippen LogP contribution >= 0.6 is 0 Å². The summed E-state index contributed by atoms with van der Waals surface area (Å²) in [5.74, 6) is -0.113. The van der Waals surface area contributed by atoms with Crippen molar-refractivity contribution < 1.29 is 4.79 Å². The summed E-state index contributed by atoms with van der Waals surface area (Å²) in [7, 11) is 3.23. The number of amides is 1. The lowest BCUT2D eigenvalue weighted by Gasteiger charge is -2.09. The Kier molecular flexibility index (Phi) is 3.39. The zero-order valence-corrected chi connectivity index (χ0v) is 6.59. The summed E-state index contributed by atoms with van der Waals surface area (Å²) >= 11 is 0. The maximum Gasteiger partial charge on any atom is 0.271 e. The third-order valence-electron chi connectivity index (χ3n) is 1.24. The highest BCUT2D eigenvalue weighted by Gasteiger charge is 2.06. The third-order valence-corrected chi connectivity index (χ3v) is 1.24. The number of carbonyl (C=O) groups excluding carboxylic acids is 1. The molecule has 1 amide bonds. The van der Waals surface area contributed by atoms with Crippen LogP contribution in [0, 0.1) is 0 Å². The fourth-order valence-electron chi connectivity index (χ4n) is 0.434. The van der Waals surface area contributed by atoms with Crippen LogP contribution in [0.25, 0.3) is 0 Å². The molecule has 0 aliphatic rings. The van der Waals surface area contributed by atoms with E-state index in [2.05, 4.69) is 11.6 Å². The molecule has 0 radical (unpaired) electrons. The van der Waals surface area contributed by atoms with Crippen LogP contribution in [-0.2, 0) is 4.79 Å². The Morgan fingerprint density at radius 3 is 2.50 bits per heavy atom. The van der Waals surface area contributed by atoms with Crippen LogP contribution in [0.2, 0.25) is 0 Å². The highest BCUT2D eigenvalue weighted by Crippen LogP contribution is 1.87. The summed E-state index contributed by atoms with van der Waals surface area (Å²) in [5, 5.41) is 0. The molecule has 0 aliphatic heterocycles. The normalized spacial score (nSPS) is 10.9. The second kappa shape index (κ2) is 3.82. The second-order valence-electron chi connectivity index (χ2n) is 1.91. The van der Waals surface area contributed by atoms with Gasteiger partial charge in [-0.05, 0) is 13.1 Å². The molecule has 0 saturated carbocycles. The van der Waals surface area contributed by atoms with Gasteiger partial charge in [0.05, 0.1) is 5.71 Å². The predicted octanol–water partition coefficient (Wildman–Crippen LogP) is 0.679. The monoisotopic (exact) mass is 140 g/mol. The Balaban J connectivity index is 4.22. The molecule has 0 heterocycles. The van der Waals surface area contributed by atoms with Crippen molar-refractivity contribution in [1.29, 1.82) is 0 Å². The van der Waals surface area contributed by atoms with Gasteiger partial charge in [-0.25, -0.2) is 0 Å². The molecule has 10 heavy (non-hydrogen) atoms. The van der Waals surface area contributed by atoms with Crippen LogP contribution in [0.3, 0.4) is 0 Å². The number of rotatable bonds is 2. The van der Waals surface area contributed by atoms with Crippen molar-refractivity contribution in [2.45, 2.75) is 6.92 Å². The summed E-state index contributed by atoms with van der Waals surface area (Å²) < 4.78 is 0. The van der Waals surface area contributed by atoms with Gasteiger partial charge in [-0.3, -0.25) is 9.79 Å². The van der Waals surface area contributed by atoms with E-state index in [-0.39, 0.29) is 5.91 Å². The molecule has 3 nitrogen and oxygen atoms in total. The van der Waals surface area contributed by atoms with Crippen LogP contribution in [0.5, 0.6) is 0 Å². The smallest absolute Gasteiger partial charge is 0.271 e. The molecule has 0 aromatic rings. The van der Waals surface area contributed by atoms with Gasteiger partial charge in [-0.1, -0.05) is 6.58 Å². The average molecular weight is 140 g/mol. The van der Waals surface area contributed by atoms with Crippen molar-refractivity contribution in [2.24, 2.45) is 4.99 Å². The van der Waals surface area contributed by atoms with E-state index in [0.717, 1.165) is 0 Å². The van der Waals surface area contributed by atoms with Crippen molar-refractivity contribution in [1.82, 2.24) is 4.90 Å². The summed E-state index contributed by atoms with van der Waals surface area (Å²) in [6.45, 7) is 5.12.